The third-order valence-electron chi connectivity index (χ3n) is 6.28. The largest absolute Gasteiger partial charge is 0.368 e. The first-order chi connectivity index (χ1) is 15.0. The Labute approximate surface area is 184 Å². The summed E-state index contributed by atoms with van der Waals surface area (Å²) in [4.78, 5) is 21.1. The summed E-state index contributed by atoms with van der Waals surface area (Å²) in [6, 6.07) is 7.70. The van der Waals surface area contributed by atoms with Gasteiger partial charge >= 0.3 is 0 Å². The lowest BCUT2D eigenvalue weighted by molar-refractivity contribution is 0.0545. The number of amides is 1. The van der Waals surface area contributed by atoms with Gasteiger partial charge in [0, 0.05) is 25.3 Å². The van der Waals surface area contributed by atoms with Crippen LogP contribution < -0.4 is 5.32 Å². The van der Waals surface area contributed by atoms with Gasteiger partial charge in [-0.3, -0.25) is 4.79 Å². The highest BCUT2D eigenvalue weighted by Gasteiger charge is 2.49. The van der Waals surface area contributed by atoms with Crippen LogP contribution >= 0.6 is 11.6 Å². The molecule has 5 rings (SSSR count). The van der Waals surface area contributed by atoms with E-state index in [-0.39, 0.29) is 17.5 Å². The molecular formula is C22H22ClFN6O. The lowest BCUT2D eigenvalue weighted by Crippen LogP contribution is -2.50. The van der Waals surface area contributed by atoms with Crippen molar-refractivity contribution in [1.29, 1.82) is 0 Å². The lowest BCUT2D eigenvalue weighted by atomic mass is 9.87. The minimum absolute atomic E-state index is 0.0251. The normalized spacial score (nSPS) is 19.4. The number of hydrogen-bond acceptors (Lipinski definition) is 5. The minimum atomic E-state index is -0.463. The molecule has 1 atom stereocenters. The van der Waals surface area contributed by atoms with Crippen molar-refractivity contribution in [3.05, 3.63) is 65.3 Å². The van der Waals surface area contributed by atoms with Crippen molar-refractivity contribution in [2.24, 2.45) is 5.41 Å². The van der Waals surface area contributed by atoms with Crippen molar-refractivity contribution >= 4 is 23.3 Å². The van der Waals surface area contributed by atoms with Crippen LogP contribution in [-0.4, -0.2) is 49.9 Å². The van der Waals surface area contributed by atoms with Gasteiger partial charge in [-0.25, -0.2) is 9.37 Å². The number of pyridine rings is 1. The fourth-order valence-electron chi connectivity index (χ4n) is 4.38. The smallest absolute Gasteiger partial charge is 0.256 e. The van der Waals surface area contributed by atoms with Crippen LogP contribution in [0.4, 0.5) is 10.2 Å². The van der Waals surface area contributed by atoms with Crippen LogP contribution in [0.15, 0.2) is 48.9 Å². The van der Waals surface area contributed by atoms with Crippen molar-refractivity contribution in [3.8, 4) is 5.69 Å². The van der Waals surface area contributed by atoms with E-state index < -0.39 is 5.82 Å². The molecule has 0 radical (unpaired) electrons. The zero-order valence-corrected chi connectivity index (χ0v) is 17.6. The summed E-state index contributed by atoms with van der Waals surface area (Å²) in [6.07, 6.45) is 8.94. The van der Waals surface area contributed by atoms with E-state index in [1.807, 2.05) is 11.0 Å². The Balaban J connectivity index is 1.41. The second kappa shape index (κ2) is 7.92. The molecule has 7 nitrogen and oxygen atoms in total. The Morgan fingerprint density at radius 2 is 2.00 bits per heavy atom. The Morgan fingerprint density at radius 3 is 2.71 bits per heavy atom. The summed E-state index contributed by atoms with van der Waals surface area (Å²) in [6.45, 7) is 1.20. The maximum Gasteiger partial charge on any atom is 0.256 e. The highest BCUT2D eigenvalue weighted by molar-refractivity contribution is 6.30. The molecule has 3 heterocycles. The molecule has 1 aliphatic heterocycles. The van der Waals surface area contributed by atoms with E-state index in [1.54, 1.807) is 18.3 Å². The molecule has 1 saturated heterocycles. The van der Waals surface area contributed by atoms with Gasteiger partial charge < -0.3 is 10.2 Å². The zero-order valence-electron chi connectivity index (χ0n) is 16.8. The van der Waals surface area contributed by atoms with Crippen LogP contribution in [0.3, 0.4) is 0 Å². The molecule has 1 aliphatic carbocycles. The number of carbonyl (C=O) groups is 1. The van der Waals surface area contributed by atoms with Crippen LogP contribution in [0.25, 0.3) is 5.69 Å². The van der Waals surface area contributed by atoms with E-state index in [9.17, 15) is 9.18 Å². The van der Waals surface area contributed by atoms with Crippen molar-refractivity contribution in [1.82, 2.24) is 24.9 Å². The second-order valence-electron chi connectivity index (χ2n) is 8.33. The van der Waals surface area contributed by atoms with Gasteiger partial charge in [-0.1, -0.05) is 11.6 Å². The molecule has 1 amide bonds. The fourth-order valence-corrected chi connectivity index (χ4v) is 4.50. The lowest BCUT2D eigenvalue weighted by Gasteiger charge is -2.40. The number of aromatic nitrogens is 4. The number of nitrogens with one attached hydrogen (secondary N) is 1. The number of halogens is 2. The van der Waals surface area contributed by atoms with E-state index in [4.69, 9.17) is 11.6 Å². The van der Waals surface area contributed by atoms with E-state index in [2.05, 4.69) is 20.5 Å². The Bertz CT molecular complexity index is 1080. The number of benzene rings is 1. The number of rotatable bonds is 5. The highest BCUT2D eigenvalue weighted by atomic mass is 35.5. The van der Waals surface area contributed by atoms with Gasteiger partial charge in [0.15, 0.2) is 0 Å². The Hall–Kier alpha value is -3.00. The SMILES string of the molecule is O=C(c1cc(F)ccc1-n1nccn1)N1CCC2(CC2)C[C@H]1CNc1ccc(Cl)cn1. The number of nitrogens with zero attached hydrogens (tertiary/aromatic N) is 5. The summed E-state index contributed by atoms with van der Waals surface area (Å²) in [5, 5.41) is 12.1. The average molecular weight is 441 g/mol. The minimum Gasteiger partial charge on any atom is -0.368 e. The van der Waals surface area contributed by atoms with E-state index in [1.165, 1.54) is 42.2 Å². The van der Waals surface area contributed by atoms with Crippen LogP contribution in [-0.2, 0) is 0 Å². The van der Waals surface area contributed by atoms with Crippen LogP contribution in [0.1, 0.15) is 36.0 Å². The van der Waals surface area contributed by atoms with Gasteiger partial charge in [-0.2, -0.15) is 15.0 Å². The number of hydrogen-bond donors (Lipinski definition) is 1. The van der Waals surface area contributed by atoms with Crippen molar-refractivity contribution < 1.29 is 9.18 Å². The first-order valence-electron chi connectivity index (χ1n) is 10.4. The first-order valence-corrected chi connectivity index (χ1v) is 10.7. The van der Waals surface area contributed by atoms with Crippen LogP contribution in [0, 0.1) is 11.2 Å². The van der Waals surface area contributed by atoms with Gasteiger partial charge in [0.1, 0.15) is 11.6 Å². The zero-order chi connectivity index (χ0) is 21.4. The predicted octanol–water partition coefficient (Wildman–Crippen LogP) is 3.95. The molecule has 1 aromatic carbocycles. The molecule has 0 bridgehead atoms. The van der Waals surface area contributed by atoms with Crippen LogP contribution in [0.2, 0.25) is 5.02 Å². The average Bonchev–Trinajstić information content (AvgIpc) is 3.29. The standard InChI is InChI=1S/C22H22ClFN6O/c23-15-1-4-20(25-13-15)26-14-17-12-22(5-6-22)7-10-29(17)21(31)18-11-16(24)2-3-19(18)30-27-8-9-28-30/h1-4,8-9,11,13,17H,5-7,10,12,14H2,(H,25,26)/t17-/m0/s1. The molecule has 3 aromatic rings. The van der Waals surface area contributed by atoms with Gasteiger partial charge in [0.05, 0.1) is 28.7 Å². The number of piperidine rings is 1. The molecule has 9 heteroatoms. The van der Waals surface area contributed by atoms with E-state index in [0.29, 0.717) is 35.0 Å². The fraction of sp³-hybridized carbons (Fsp3) is 0.364. The number of likely N-dealkylation sites (tertiary alicyclic amines) is 1. The van der Waals surface area contributed by atoms with E-state index >= 15 is 0 Å². The first kappa shape index (κ1) is 19.9. The molecule has 1 N–H and O–H groups in total. The summed E-state index contributed by atoms with van der Waals surface area (Å²) >= 11 is 5.92. The summed E-state index contributed by atoms with van der Waals surface area (Å²) < 4.78 is 14.1. The van der Waals surface area contributed by atoms with Gasteiger partial charge in [-0.15, -0.1) is 0 Å². The van der Waals surface area contributed by atoms with Crippen molar-refractivity contribution in [3.63, 3.8) is 0 Å². The molecule has 1 spiro atoms. The molecule has 0 unspecified atom stereocenters. The van der Waals surface area contributed by atoms with Gasteiger partial charge in [-0.05, 0) is 61.4 Å². The Morgan fingerprint density at radius 1 is 1.19 bits per heavy atom. The molecule has 1 saturated carbocycles. The molecule has 2 fully saturated rings. The monoisotopic (exact) mass is 440 g/mol. The third-order valence-corrected chi connectivity index (χ3v) is 6.50. The second-order valence-corrected chi connectivity index (χ2v) is 8.77. The maximum absolute atomic E-state index is 14.1. The van der Waals surface area contributed by atoms with Crippen molar-refractivity contribution in [2.75, 3.05) is 18.4 Å². The third kappa shape index (κ3) is 4.12. The Kier molecular flexibility index (Phi) is 5.09. The summed E-state index contributed by atoms with van der Waals surface area (Å²) in [7, 11) is 0. The summed E-state index contributed by atoms with van der Waals surface area (Å²) in [5.74, 6) is 0.0348. The van der Waals surface area contributed by atoms with E-state index in [0.717, 1.165) is 12.8 Å². The number of carbonyl (C=O) groups excluding carboxylic acids is 1. The maximum atomic E-state index is 14.1. The van der Waals surface area contributed by atoms with Gasteiger partial charge in [0.2, 0.25) is 0 Å². The molecular weight excluding hydrogens is 419 g/mol. The van der Waals surface area contributed by atoms with Gasteiger partial charge in [0.25, 0.3) is 5.91 Å². The topological polar surface area (TPSA) is 75.9 Å². The van der Waals surface area contributed by atoms with Crippen LogP contribution in [0.5, 0.6) is 0 Å². The van der Waals surface area contributed by atoms with Crippen molar-refractivity contribution in [2.45, 2.75) is 31.7 Å². The molecule has 160 valence electrons. The summed E-state index contributed by atoms with van der Waals surface area (Å²) in [5.41, 5.74) is 1.07. The molecule has 31 heavy (non-hydrogen) atoms. The highest BCUT2D eigenvalue weighted by Crippen LogP contribution is 2.55. The molecule has 2 aromatic heterocycles. The quantitative estimate of drug-likeness (QED) is 0.650. The number of anilines is 1. The molecule has 2 aliphatic rings. The predicted molar refractivity (Wildman–Crippen MR) is 115 cm³/mol.